The fraction of sp³-hybridized carbons (Fsp3) is 0.273. The maximum absolute atomic E-state index is 11.2. The molecule has 0 saturated heterocycles. The minimum absolute atomic E-state index is 0.108. The van der Waals surface area contributed by atoms with Gasteiger partial charge < -0.3 is 10.2 Å². The van der Waals surface area contributed by atoms with Gasteiger partial charge in [0.25, 0.3) is 5.91 Å². The fourth-order valence-electron chi connectivity index (χ4n) is 2.02. The van der Waals surface area contributed by atoms with Gasteiger partial charge >= 0.3 is 0 Å². The molecule has 0 aliphatic carbocycles. The minimum Gasteiger partial charge on any atom is -0.328 e. The number of halogens is 1. The average molecular weight is 236 g/mol. The van der Waals surface area contributed by atoms with E-state index in [0.717, 1.165) is 21.8 Å². The molecule has 3 rings (SSSR count). The van der Waals surface area contributed by atoms with Gasteiger partial charge in [0, 0.05) is 17.8 Å². The van der Waals surface area contributed by atoms with Gasteiger partial charge in [0.1, 0.15) is 6.54 Å². The molecule has 0 spiro atoms. The van der Waals surface area contributed by atoms with E-state index < -0.39 is 0 Å². The fourth-order valence-corrected chi connectivity index (χ4v) is 2.25. The lowest BCUT2D eigenvalue weighted by atomic mass is 10.1. The Kier molecular flexibility index (Phi) is 1.94. The van der Waals surface area contributed by atoms with Crippen molar-refractivity contribution in [2.75, 3.05) is 11.9 Å². The van der Waals surface area contributed by atoms with Gasteiger partial charge in [-0.2, -0.15) is 4.99 Å². The predicted octanol–water partition coefficient (Wildman–Crippen LogP) is 1.77. The topological polar surface area (TPSA) is 44.7 Å². The molecule has 0 aromatic heterocycles. The molecule has 16 heavy (non-hydrogen) atoms. The summed E-state index contributed by atoms with van der Waals surface area (Å²) in [6, 6.07) is 3.93. The van der Waals surface area contributed by atoms with Crippen molar-refractivity contribution in [3.8, 4) is 0 Å². The molecule has 1 amide bonds. The van der Waals surface area contributed by atoms with Crippen LogP contribution in [0.4, 0.5) is 5.69 Å². The second-order valence-corrected chi connectivity index (χ2v) is 4.41. The second-order valence-electron chi connectivity index (χ2n) is 4.03. The van der Waals surface area contributed by atoms with Crippen LogP contribution in [0, 0.1) is 6.92 Å². The number of carbonyl (C=O) groups is 1. The first-order valence-corrected chi connectivity index (χ1v) is 5.44. The average Bonchev–Trinajstić information content (AvgIpc) is 2.61. The Labute approximate surface area is 97.9 Å². The normalized spacial score (nSPS) is 17.8. The SMILES string of the molecule is Cc1ccc2c(c1Cl)CN1CC(=O)N=C1N2. The molecule has 1 aromatic carbocycles. The quantitative estimate of drug-likeness (QED) is 0.746. The number of anilines is 1. The van der Waals surface area contributed by atoms with Crippen molar-refractivity contribution in [1.29, 1.82) is 0 Å². The van der Waals surface area contributed by atoms with Crippen LogP contribution in [0.5, 0.6) is 0 Å². The number of rotatable bonds is 0. The number of aliphatic imine (C=N–C) groups is 1. The van der Waals surface area contributed by atoms with Crippen LogP contribution in [0.2, 0.25) is 5.02 Å². The number of hydrogen-bond acceptors (Lipinski definition) is 3. The summed E-state index contributed by atoms with van der Waals surface area (Å²) in [4.78, 5) is 17.0. The Morgan fingerprint density at radius 2 is 2.25 bits per heavy atom. The molecule has 0 bridgehead atoms. The number of benzene rings is 1. The van der Waals surface area contributed by atoms with Gasteiger partial charge in [0.2, 0.25) is 5.96 Å². The molecule has 0 saturated carbocycles. The lowest BCUT2D eigenvalue weighted by molar-refractivity contribution is -0.117. The summed E-state index contributed by atoms with van der Waals surface area (Å²) in [5, 5.41) is 3.90. The number of aryl methyl sites for hydroxylation is 1. The molecule has 2 aliphatic rings. The van der Waals surface area contributed by atoms with Crippen molar-refractivity contribution < 1.29 is 4.79 Å². The number of nitrogens with one attached hydrogen (secondary N) is 1. The third-order valence-electron chi connectivity index (χ3n) is 2.89. The van der Waals surface area contributed by atoms with E-state index in [-0.39, 0.29) is 5.91 Å². The Hall–Kier alpha value is -1.55. The van der Waals surface area contributed by atoms with Gasteiger partial charge in [0.05, 0.1) is 5.02 Å². The van der Waals surface area contributed by atoms with E-state index >= 15 is 0 Å². The number of nitrogens with zero attached hydrogens (tertiary/aromatic N) is 2. The summed E-state index contributed by atoms with van der Waals surface area (Å²) in [7, 11) is 0. The summed E-state index contributed by atoms with van der Waals surface area (Å²) >= 11 is 6.25. The second kappa shape index (κ2) is 3.22. The lowest BCUT2D eigenvalue weighted by Crippen LogP contribution is -2.37. The molecule has 0 atom stereocenters. The van der Waals surface area contributed by atoms with Crippen LogP contribution in [0.3, 0.4) is 0 Å². The monoisotopic (exact) mass is 235 g/mol. The van der Waals surface area contributed by atoms with Crippen LogP contribution in [0.15, 0.2) is 17.1 Å². The molecule has 2 heterocycles. The number of carbonyl (C=O) groups excluding carboxylic acids is 1. The summed E-state index contributed by atoms with van der Waals surface area (Å²) in [6.07, 6.45) is 0. The van der Waals surface area contributed by atoms with Crippen LogP contribution < -0.4 is 5.32 Å². The third kappa shape index (κ3) is 1.30. The van der Waals surface area contributed by atoms with Gasteiger partial charge in [-0.05, 0) is 18.6 Å². The van der Waals surface area contributed by atoms with Gasteiger partial charge in [-0.1, -0.05) is 17.7 Å². The molecule has 82 valence electrons. The van der Waals surface area contributed by atoms with Gasteiger partial charge in [0.15, 0.2) is 0 Å². The van der Waals surface area contributed by atoms with Gasteiger partial charge in [-0.25, -0.2) is 0 Å². The molecule has 1 aromatic rings. The largest absolute Gasteiger partial charge is 0.328 e. The first kappa shape index (κ1) is 9.66. The maximum Gasteiger partial charge on any atom is 0.268 e. The van der Waals surface area contributed by atoms with E-state index in [1.807, 2.05) is 24.0 Å². The lowest BCUT2D eigenvalue weighted by Gasteiger charge is -2.28. The van der Waals surface area contributed by atoms with Crippen molar-refractivity contribution in [2.45, 2.75) is 13.5 Å². The highest BCUT2D eigenvalue weighted by molar-refractivity contribution is 6.32. The number of hydrogen-bond donors (Lipinski definition) is 1. The molecule has 4 nitrogen and oxygen atoms in total. The van der Waals surface area contributed by atoms with Crippen LogP contribution in [-0.4, -0.2) is 23.3 Å². The number of fused-ring (bicyclic) bond motifs is 2. The van der Waals surface area contributed by atoms with Crippen LogP contribution >= 0.6 is 11.6 Å². The van der Waals surface area contributed by atoms with Crippen molar-refractivity contribution in [3.63, 3.8) is 0 Å². The smallest absolute Gasteiger partial charge is 0.268 e. The third-order valence-corrected chi connectivity index (χ3v) is 3.41. The zero-order valence-corrected chi connectivity index (χ0v) is 9.51. The van der Waals surface area contributed by atoms with Crippen molar-refractivity contribution >= 4 is 29.2 Å². The predicted molar refractivity (Wildman–Crippen MR) is 62.7 cm³/mol. The van der Waals surface area contributed by atoms with Gasteiger partial charge in [-0.15, -0.1) is 0 Å². The Morgan fingerprint density at radius 1 is 1.44 bits per heavy atom. The highest BCUT2D eigenvalue weighted by Crippen LogP contribution is 2.32. The number of amides is 1. The maximum atomic E-state index is 11.2. The molecular formula is C11H10ClN3O. The van der Waals surface area contributed by atoms with Crippen LogP contribution in [0.1, 0.15) is 11.1 Å². The van der Waals surface area contributed by atoms with E-state index in [2.05, 4.69) is 10.3 Å². The first-order valence-electron chi connectivity index (χ1n) is 5.06. The molecule has 2 aliphatic heterocycles. The van der Waals surface area contributed by atoms with E-state index in [1.54, 1.807) is 0 Å². The summed E-state index contributed by atoms with van der Waals surface area (Å²) in [6.45, 7) is 2.96. The van der Waals surface area contributed by atoms with Crippen molar-refractivity contribution in [3.05, 3.63) is 28.3 Å². The molecule has 0 fully saturated rings. The Bertz CT molecular complexity index is 524. The molecule has 5 heteroatoms. The summed E-state index contributed by atoms with van der Waals surface area (Å²) < 4.78 is 0. The molecular weight excluding hydrogens is 226 g/mol. The standard InChI is InChI=1S/C11H10ClN3O/c1-6-2-3-8-7(10(6)12)4-15-5-9(16)14-11(15)13-8/h2-3H,4-5H2,1H3,(H,13,14,16). The zero-order valence-electron chi connectivity index (χ0n) is 8.75. The van der Waals surface area contributed by atoms with Crippen LogP contribution in [-0.2, 0) is 11.3 Å². The minimum atomic E-state index is -0.108. The van der Waals surface area contributed by atoms with Gasteiger partial charge in [-0.3, -0.25) is 4.79 Å². The molecule has 0 unspecified atom stereocenters. The Balaban J connectivity index is 2.08. The van der Waals surface area contributed by atoms with E-state index in [4.69, 9.17) is 11.6 Å². The van der Waals surface area contributed by atoms with Crippen molar-refractivity contribution in [1.82, 2.24) is 4.90 Å². The van der Waals surface area contributed by atoms with E-state index in [9.17, 15) is 4.79 Å². The highest BCUT2D eigenvalue weighted by Gasteiger charge is 2.29. The summed E-state index contributed by atoms with van der Waals surface area (Å²) in [5.41, 5.74) is 3.03. The Morgan fingerprint density at radius 3 is 3.06 bits per heavy atom. The van der Waals surface area contributed by atoms with E-state index in [0.29, 0.717) is 19.0 Å². The first-order chi connectivity index (χ1) is 7.65. The highest BCUT2D eigenvalue weighted by atomic mass is 35.5. The van der Waals surface area contributed by atoms with Crippen LogP contribution in [0.25, 0.3) is 0 Å². The molecule has 0 radical (unpaired) electrons. The van der Waals surface area contributed by atoms with Crippen molar-refractivity contribution in [2.24, 2.45) is 4.99 Å². The van der Waals surface area contributed by atoms with E-state index in [1.165, 1.54) is 0 Å². The summed E-state index contributed by atoms with van der Waals surface area (Å²) in [5.74, 6) is 0.528. The molecule has 1 N–H and O–H groups in total. The number of guanidine groups is 1. The zero-order chi connectivity index (χ0) is 11.3.